The second-order valence-electron chi connectivity index (χ2n) is 13.0. The molecule has 3 fully saturated rings. The predicted molar refractivity (Wildman–Crippen MR) is 135 cm³/mol. The van der Waals surface area contributed by atoms with Crippen molar-refractivity contribution in [3.05, 3.63) is 23.8 Å². The zero-order chi connectivity index (χ0) is 24.2. The van der Waals surface area contributed by atoms with E-state index in [1.165, 1.54) is 32.6 Å². The van der Waals surface area contributed by atoms with Crippen LogP contribution in [0.5, 0.6) is 0 Å². The summed E-state index contributed by atoms with van der Waals surface area (Å²) in [5, 5.41) is 11.8. The van der Waals surface area contributed by atoms with Gasteiger partial charge in [-0.1, -0.05) is 65.3 Å². The summed E-state index contributed by atoms with van der Waals surface area (Å²) in [6.07, 6.45) is 15.5. The van der Waals surface area contributed by atoms with E-state index in [-0.39, 0.29) is 17.5 Å². The average Bonchev–Trinajstić information content (AvgIpc) is 3.09. The lowest BCUT2D eigenvalue weighted by Crippen LogP contribution is -2.60. The lowest BCUT2D eigenvalue weighted by molar-refractivity contribution is -0.183. The normalized spacial score (nSPS) is 44.6. The molecule has 3 saturated carbocycles. The molecule has 0 amide bonds. The minimum Gasteiger partial charge on any atom is -0.462 e. The van der Waals surface area contributed by atoms with Gasteiger partial charge in [0.2, 0.25) is 0 Å². The van der Waals surface area contributed by atoms with Gasteiger partial charge in [0.05, 0.1) is 5.60 Å². The van der Waals surface area contributed by atoms with Crippen LogP contribution in [0.3, 0.4) is 0 Å². The third-order valence-electron chi connectivity index (χ3n) is 11.0. The Hall–Kier alpha value is -1.09. The molecular formula is C30H48O3. The van der Waals surface area contributed by atoms with Crippen molar-refractivity contribution in [2.45, 2.75) is 112 Å². The summed E-state index contributed by atoms with van der Waals surface area (Å²) < 4.78 is 5.54. The second kappa shape index (κ2) is 8.85. The highest BCUT2D eigenvalue weighted by molar-refractivity contribution is 5.66. The molecule has 4 aliphatic carbocycles. The highest BCUT2D eigenvalue weighted by atomic mass is 16.5. The van der Waals surface area contributed by atoms with Crippen molar-refractivity contribution in [1.82, 2.24) is 0 Å². The summed E-state index contributed by atoms with van der Waals surface area (Å²) >= 11 is 0. The summed E-state index contributed by atoms with van der Waals surface area (Å²) in [7, 11) is 0. The Bertz CT molecular complexity index is 811. The van der Waals surface area contributed by atoms with Gasteiger partial charge in [-0.05, 0) is 85.9 Å². The minimum atomic E-state index is -0.756. The van der Waals surface area contributed by atoms with E-state index in [1.807, 2.05) is 0 Å². The Balaban J connectivity index is 1.55. The molecule has 3 nitrogen and oxygen atoms in total. The minimum absolute atomic E-state index is 0.106. The molecule has 0 aromatic heterocycles. The maximum absolute atomic E-state index is 11.8. The molecule has 9 atom stereocenters. The van der Waals surface area contributed by atoms with Gasteiger partial charge < -0.3 is 9.84 Å². The van der Waals surface area contributed by atoms with Crippen molar-refractivity contribution < 1.29 is 14.6 Å². The first-order valence-corrected chi connectivity index (χ1v) is 13.7. The van der Waals surface area contributed by atoms with Crippen molar-refractivity contribution in [3.63, 3.8) is 0 Å². The number of esters is 1. The van der Waals surface area contributed by atoms with Crippen molar-refractivity contribution >= 4 is 5.97 Å². The van der Waals surface area contributed by atoms with Crippen LogP contribution < -0.4 is 0 Å². The molecule has 33 heavy (non-hydrogen) atoms. The summed E-state index contributed by atoms with van der Waals surface area (Å²) in [5.74, 6) is 3.59. The van der Waals surface area contributed by atoms with Gasteiger partial charge in [-0.2, -0.15) is 0 Å². The quantitative estimate of drug-likeness (QED) is 0.354. The molecule has 0 bridgehead atoms. The number of rotatable bonds is 5. The first kappa shape index (κ1) is 25.0. The van der Waals surface area contributed by atoms with Gasteiger partial charge in [0, 0.05) is 18.8 Å². The fourth-order valence-corrected chi connectivity index (χ4v) is 8.42. The zero-order valence-electron chi connectivity index (χ0n) is 22.2. The molecule has 0 spiro atoms. The first-order valence-electron chi connectivity index (χ1n) is 13.7. The summed E-state index contributed by atoms with van der Waals surface area (Å²) in [5.41, 5.74) is 1.17. The molecule has 0 aromatic carbocycles. The molecule has 0 heterocycles. The van der Waals surface area contributed by atoms with Crippen molar-refractivity contribution in [3.8, 4) is 0 Å². The van der Waals surface area contributed by atoms with Crippen LogP contribution in [0.15, 0.2) is 23.8 Å². The van der Waals surface area contributed by atoms with Crippen LogP contribution in [0.4, 0.5) is 0 Å². The standard InChI is InChI=1S/C30H48O3/c1-19(2)20(3)8-9-21(4)25-10-11-26-24-13-17-30(32)18-23(33-22(5)31)12-16-29(30,7)27(24)14-15-28(25,26)6/h8-9,13,19-21,23,25-27,32H,10-12,14-18H2,1-7H3/b9-8+/t20-,21+,23+,25+,26+,27+,28-,29+,30+/m0/s1. The maximum Gasteiger partial charge on any atom is 0.302 e. The van der Waals surface area contributed by atoms with Crippen LogP contribution in [-0.2, 0) is 9.53 Å². The van der Waals surface area contributed by atoms with Crippen LogP contribution in [0.1, 0.15) is 99.8 Å². The van der Waals surface area contributed by atoms with Crippen LogP contribution in [0.25, 0.3) is 0 Å². The number of fused-ring (bicyclic) bond motifs is 5. The number of allylic oxidation sites excluding steroid dienone is 3. The van der Waals surface area contributed by atoms with Gasteiger partial charge in [-0.3, -0.25) is 4.79 Å². The largest absolute Gasteiger partial charge is 0.462 e. The van der Waals surface area contributed by atoms with Crippen molar-refractivity contribution in [2.24, 2.45) is 46.3 Å². The highest BCUT2D eigenvalue weighted by Gasteiger charge is 2.62. The van der Waals surface area contributed by atoms with E-state index in [0.29, 0.717) is 47.8 Å². The van der Waals surface area contributed by atoms with E-state index in [4.69, 9.17) is 4.74 Å². The molecule has 0 unspecified atom stereocenters. The van der Waals surface area contributed by atoms with Gasteiger partial charge in [0.1, 0.15) is 6.10 Å². The Labute approximate surface area is 202 Å². The summed E-state index contributed by atoms with van der Waals surface area (Å²) in [6, 6.07) is 0. The third kappa shape index (κ3) is 4.15. The van der Waals surface area contributed by atoms with E-state index in [0.717, 1.165) is 18.8 Å². The number of hydrogen-bond donors (Lipinski definition) is 1. The molecule has 0 aliphatic heterocycles. The predicted octanol–water partition coefficient (Wildman–Crippen LogP) is 7.10. The Kier molecular flexibility index (Phi) is 6.71. The highest BCUT2D eigenvalue weighted by Crippen LogP contribution is 2.67. The molecule has 3 heteroatoms. The van der Waals surface area contributed by atoms with E-state index >= 15 is 0 Å². The van der Waals surface area contributed by atoms with Crippen LogP contribution in [-0.4, -0.2) is 22.8 Å². The fourth-order valence-electron chi connectivity index (χ4n) is 8.42. The van der Waals surface area contributed by atoms with Gasteiger partial charge in [-0.25, -0.2) is 0 Å². The number of hydrogen-bond acceptors (Lipinski definition) is 3. The van der Waals surface area contributed by atoms with E-state index in [2.05, 4.69) is 59.8 Å². The molecule has 0 saturated heterocycles. The zero-order valence-corrected chi connectivity index (χ0v) is 22.2. The van der Waals surface area contributed by atoms with Crippen LogP contribution in [0.2, 0.25) is 0 Å². The number of carbonyl (C=O) groups is 1. The molecule has 186 valence electrons. The molecule has 4 aliphatic rings. The lowest BCUT2D eigenvalue weighted by atomic mass is 9.46. The summed E-state index contributed by atoms with van der Waals surface area (Å²) in [4.78, 5) is 11.5. The Morgan fingerprint density at radius 2 is 1.79 bits per heavy atom. The number of aliphatic hydroxyl groups is 1. The topological polar surface area (TPSA) is 46.5 Å². The van der Waals surface area contributed by atoms with Crippen LogP contribution in [0, 0.1) is 46.3 Å². The van der Waals surface area contributed by atoms with Gasteiger partial charge in [0.15, 0.2) is 0 Å². The average molecular weight is 457 g/mol. The number of ether oxygens (including phenoxy) is 1. The lowest BCUT2D eigenvalue weighted by Gasteiger charge is -2.61. The third-order valence-corrected chi connectivity index (χ3v) is 11.0. The second-order valence-corrected chi connectivity index (χ2v) is 13.0. The Morgan fingerprint density at radius 3 is 2.45 bits per heavy atom. The molecule has 1 N–H and O–H groups in total. The molecule has 0 aromatic rings. The van der Waals surface area contributed by atoms with Crippen LogP contribution >= 0.6 is 0 Å². The number of carbonyl (C=O) groups excluding carboxylic acids is 1. The van der Waals surface area contributed by atoms with Crippen molar-refractivity contribution in [2.75, 3.05) is 0 Å². The summed E-state index contributed by atoms with van der Waals surface area (Å²) in [6.45, 7) is 15.8. The van der Waals surface area contributed by atoms with Gasteiger partial charge in [0.25, 0.3) is 0 Å². The maximum atomic E-state index is 11.8. The molecule has 0 radical (unpaired) electrons. The monoisotopic (exact) mass is 456 g/mol. The Morgan fingerprint density at radius 1 is 1.06 bits per heavy atom. The molecule has 4 rings (SSSR count). The first-order chi connectivity index (χ1) is 15.4. The molecular weight excluding hydrogens is 408 g/mol. The smallest absolute Gasteiger partial charge is 0.302 e. The van der Waals surface area contributed by atoms with Crippen molar-refractivity contribution in [1.29, 1.82) is 0 Å². The van der Waals surface area contributed by atoms with E-state index < -0.39 is 5.60 Å². The van der Waals surface area contributed by atoms with Gasteiger partial charge >= 0.3 is 5.97 Å². The van der Waals surface area contributed by atoms with E-state index in [9.17, 15) is 9.90 Å². The fraction of sp³-hybridized carbons (Fsp3) is 0.833. The van der Waals surface area contributed by atoms with Gasteiger partial charge in [-0.15, -0.1) is 0 Å². The SMILES string of the molecule is CC(=O)O[C@@H]1CC[C@]2(C)[C@@H]3CC[C@]4(C)[C@H](CC[C@@H]4[C@H](C)/C=C/[C@H](C)C(C)C)C3=CC[C@@]2(O)C1. The van der Waals surface area contributed by atoms with E-state index in [1.54, 1.807) is 5.57 Å².